The monoisotopic (exact) mass is 385 g/mol. The third-order valence-electron chi connectivity index (χ3n) is 3.94. The first kappa shape index (κ1) is 19.5. The highest BCUT2D eigenvalue weighted by molar-refractivity contribution is 5.94. The summed E-state index contributed by atoms with van der Waals surface area (Å²) in [6.45, 7) is 1.56. The average molecular weight is 385 g/mol. The lowest BCUT2D eigenvalue weighted by Crippen LogP contribution is -2.28. The second-order valence-corrected chi connectivity index (χ2v) is 6.20. The minimum Gasteiger partial charge on any atom is -0.490 e. The Labute approximate surface area is 163 Å². The number of nitrogens with one attached hydrogen (secondary N) is 3. The maximum absolute atomic E-state index is 12.2. The van der Waals surface area contributed by atoms with E-state index in [-0.39, 0.29) is 18.5 Å². The van der Waals surface area contributed by atoms with Crippen LogP contribution in [0.15, 0.2) is 42.5 Å². The molecule has 0 bridgehead atoms. The molecule has 0 radical (unpaired) electrons. The van der Waals surface area contributed by atoms with E-state index in [2.05, 4.69) is 16.0 Å². The molecular weight excluding hydrogens is 362 g/mol. The largest absolute Gasteiger partial charge is 0.490 e. The maximum Gasteiger partial charge on any atom is 0.319 e. The van der Waals surface area contributed by atoms with E-state index in [4.69, 9.17) is 14.2 Å². The molecule has 28 heavy (non-hydrogen) atoms. The van der Waals surface area contributed by atoms with Gasteiger partial charge in [0.25, 0.3) is 0 Å². The minimum atomic E-state index is -0.354. The Morgan fingerprint density at radius 2 is 1.75 bits per heavy atom. The molecule has 1 heterocycles. The van der Waals surface area contributed by atoms with Crippen LogP contribution in [-0.4, -0.2) is 38.9 Å². The van der Waals surface area contributed by atoms with Crippen molar-refractivity contribution < 1.29 is 23.8 Å². The van der Waals surface area contributed by atoms with Gasteiger partial charge in [0.15, 0.2) is 11.5 Å². The number of carbonyl (C=O) groups is 2. The predicted octanol–water partition coefficient (Wildman–Crippen LogP) is 2.75. The first-order chi connectivity index (χ1) is 13.6. The van der Waals surface area contributed by atoms with Crippen LogP contribution in [0.1, 0.15) is 12.0 Å². The van der Waals surface area contributed by atoms with E-state index >= 15 is 0 Å². The number of rotatable bonds is 6. The molecule has 0 saturated heterocycles. The highest BCUT2D eigenvalue weighted by atomic mass is 16.5. The quantitative estimate of drug-likeness (QED) is 0.710. The van der Waals surface area contributed by atoms with Gasteiger partial charge in [-0.3, -0.25) is 4.79 Å². The van der Waals surface area contributed by atoms with Crippen LogP contribution < -0.4 is 25.4 Å². The Balaban J connectivity index is 1.53. The van der Waals surface area contributed by atoms with E-state index in [0.717, 1.165) is 17.7 Å². The molecule has 0 unspecified atom stereocenters. The van der Waals surface area contributed by atoms with Crippen LogP contribution in [0, 0.1) is 0 Å². The van der Waals surface area contributed by atoms with Crippen molar-refractivity contribution in [3.8, 4) is 11.5 Å². The number of anilines is 2. The minimum absolute atomic E-state index is 0.0341. The van der Waals surface area contributed by atoms with Crippen LogP contribution in [-0.2, 0) is 16.1 Å². The molecular formula is C20H23N3O5. The third-order valence-corrected chi connectivity index (χ3v) is 3.94. The number of fused-ring (bicyclic) bond motifs is 1. The maximum atomic E-state index is 12.2. The molecule has 1 aliphatic rings. The molecule has 8 heteroatoms. The van der Waals surface area contributed by atoms with Crippen molar-refractivity contribution in [1.29, 1.82) is 0 Å². The zero-order valence-electron chi connectivity index (χ0n) is 15.6. The van der Waals surface area contributed by atoms with Crippen LogP contribution in [0.25, 0.3) is 0 Å². The fourth-order valence-corrected chi connectivity index (χ4v) is 2.68. The lowest BCUT2D eigenvalue weighted by Gasteiger charge is -2.11. The van der Waals surface area contributed by atoms with E-state index in [1.54, 1.807) is 24.3 Å². The van der Waals surface area contributed by atoms with Gasteiger partial charge in [-0.05, 0) is 35.9 Å². The zero-order chi connectivity index (χ0) is 19.8. The molecule has 0 spiro atoms. The van der Waals surface area contributed by atoms with E-state index in [1.165, 1.54) is 7.11 Å². The number of hydrogen-bond donors (Lipinski definition) is 3. The lowest BCUT2D eigenvalue weighted by molar-refractivity contribution is -0.119. The van der Waals surface area contributed by atoms with Gasteiger partial charge in [-0.15, -0.1) is 0 Å². The second kappa shape index (κ2) is 9.61. The van der Waals surface area contributed by atoms with E-state index < -0.39 is 0 Å². The number of benzene rings is 2. The summed E-state index contributed by atoms with van der Waals surface area (Å²) in [5.41, 5.74) is 2.04. The van der Waals surface area contributed by atoms with Crippen LogP contribution >= 0.6 is 0 Å². The van der Waals surface area contributed by atoms with Crippen LogP contribution in [0.4, 0.5) is 16.2 Å². The van der Waals surface area contributed by atoms with Gasteiger partial charge in [-0.25, -0.2) is 4.79 Å². The highest BCUT2D eigenvalue weighted by Gasteiger charge is 2.11. The number of ether oxygens (including phenoxy) is 3. The first-order valence-electron chi connectivity index (χ1n) is 8.96. The van der Waals surface area contributed by atoms with Crippen molar-refractivity contribution in [2.24, 2.45) is 0 Å². The van der Waals surface area contributed by atoms with Gasteiger partial charge >= 0.3 is 6.03 Å². The van der Waals surface area contributed by atoms with Crippen LogP contribution in [0.3, 0.4) is 0 Å². The van der Waals surface area contributed by atoms with Gasteiger partial charge < -0.3 is 30.2 Å². The average Bonchev–Trinajstić information content (AvgIpc) is 2.92. The lowest BCUT2D eigenvalue weighted by atomic mass is 10.2. The molecule has 2 aromatic rings. The highest BCUT2D eigenvalue weighted by Crippen LogP contribution is 2.30. The number of hydrogen-bond acceptors (Lipinski definition) is 5. The Hall–Kier alpha value is -3.26. The van der Waals surface area contributed by atoms with Crippen LogP contribution in [0.2, 0.25) is 0 Å². The molecule has 1 aliphatic heterocycles. The van der Waals surface area contributed by atoms with Gasteiger partial charge in [0, 0.05) is 31.5 Å². The molecule has 3 rings (SSSR count). The molecule has 8 nitrogen and oxygen atoms in total. The van der Waals surface area contributed by atoms with Gasteiger partial charge in [0.2, 0.25) is 5.91 Å². The summed E-state index contributed by atoms with van der Waals surface area (Å²) in [5.74, 6) is 1.15. The summed E-state index contributed by atoms with van der Waals surface area (Å²) in [6, 6.07) is 12.1. The fraction of sp³-hybridized carbons (Fsp3) is 0.300. The van der Waals surface area contributed by atoms with Gasteiger partial charge in [-0.2, -0.15) is 0 Å². The summed E-state index contributed by atoms with van der Waals surface area (Å²) in [6.07, 6.45) is 0.843. The summed E-state index contributed by atoms with van der Waals surface area (Å²) in [7, 11) is 1.45. The number of amides is 3. The summed E-state index contributed by atoms with van der Waals surface area (Å²) >= 11 is 0. The normalized spacial score (nSPS) is 12.6. The molecule has 3 amide bonds. The fourth-order valence-electron chi connectivity index (χ4n) is 2.68. The molecule has 0 fully saturated rings. The molecule has 0 aliphatic carbocycles. The molecule has 0 saturated carbocycles. The number of carbonyl (C=O) groups excluding carboxylic acids is 2. The van der Waals surface area contributed by atoms with Gasteiger partial charge in [0.05, 0.1) is 13.2 Å². The predicted molar refractivity (Wildman–Crippen MR) is 105 cm³/mol. The number of urea groups is 1. The molecule has 2 aromatic carbocycles. The van der Waals surface area contributed by atoms with Crippen LogP contribution in [0.5, 0.6) is 11.5 Å². The van der Waals surface area contributed by atoms with E-state index in [9.17, 15) is 9.59 Å². The van der Waals surface area contributed by atoms with Crippen molar-refractivity contribution in [2.75, 3.05) is 37.6 Å². The van der Waals surface area contributed by atoms with Gasteiger partial charge in [-0.1, -0.05) is 12.1 Å². The van der Waals surface area contributed by atoms with E-state index in [1.807, 2.05) is 18.2 Å². The van der Waals surface area contributed by atoms with Gasteiger partial charge in [0.1, 0.15) is 6.61 Å². The number of methoxy groups -OCH3 is 1. The third kappa shape index (κ3) is 5.62. The molecule has 148 valence electrons. The summed E-state index contributed by atoms with van der Waals surface area (Å²) < 4.78 is 16.0. The Bertz CT molecular complexity index is 840. The van der Waals surface area contributed by atoms with Crippen molar-refractivity contribution in [1.82, 2.24) is 5.32 Å². The van der Waals surface area contributed by atoms with Crippen molar-refractivity contribution in [2.45, 2.75) is 13.0 Å². The second-order valence-electron chi connectivity index (χ2n) is 6.20. The standard InChI is InChI=1S/C20H23N3O5/c1-26-13-19(24)22-15-4-2-5-16(11-15)23-20(25)21-12-14-6-7-17-18(10-14)28-9-3-8-27-17/h2,4-7,10-11H,3,8-9,12-13H2,1H3,(H,22,24)(H2,21,23,25). The Morgan fingerprint density at radius 1 is 1.00 bits per heavy atom. The van der Waals surface area contributed by atoms with Crippen molar-refractivity contribution >= 4 is 23.3 Å². The zero-order valence-corrected chi connectivity index (χ0v) is 15.6. The first-order valence-corrected chi connectivity index (χ1v) is 8.96. The summed E-state index contributed by atoms with van der Waals surface area (Å²) in [4.78, 5) is 23.8. The summed E-state index contributed by atoms with van der Waals surface area (Å²) in [5, 5.41) is 8.23. The van der Waals surface area contributed by atoms with E-state index in [0.29, 0.717) is 36.9 Å². The Morgan fingerprint density at radius 3 is 2.54 bits per heavy atom. The SMILES string of the molecule is COCC(=O)Nc1cccc(NC(=O)NCc2ccc3c(c2)OCCCO3)c1. The molecule has 3 N–H and O–H groups in total. The van der Waals surface area contributed by atoms with Crippen molar-refractivity contribution in [3.05, 3.63) is 48.0 Å². The topological polar surface area (TPSA) is 97.9 Å². The molecule has 0 aromatic heterocycles. The Kier molecular flexibility index (Phi) is 6.69. The molecule has 0 atom stereocenters. The van der Waals surface area contributed by atoms with Crippen molar-refractivity contribution in [3.63, 3.8) is 0 Å². The smallest absolute Gasteiger partial charge is 0.319 e.